The lowest BCUT2D eigenvalue weighted by Gasteiger charge is -2.07. The first-order valence-corrected chi connectivity index (χ1v) is 4.53. The third-order valence-electron chi connectivity index (χ3n) is 2.38. The molecule has 4 nitrogen and oxygen atoms in total. The Morgan fingerprint density at radius 2 is 2.12 bits per heavy atom. The average molecular weight is 221 g/mol. The van der Waals surface area contributed by atoms with E-state index in [1.807, 2.05) is 0 Å². The molecule has 1 aromatic heterocycles. The molecule has 0 spiro atoms. The van der Waals surface area contributed by atoms with Crippen molar-refractivity contribution in [3.8, 4) is 0 Å². The molecule has 0 fully saturated rings. The highest BCUT2D eigenvalue weighted by Crippen LogP contribution is 2.14. The number of aromatic nitrogens is 1. The fourth-order valence-corrected chi connectivity index (χ4v) is 1.67. The number of aromatic carboxylic acids is 1. The third-order valence-corrected chi connectivity index (χ3v) is 2.38. The van der Waals surface area contributed by atoms with Crippen molar-refractivity contribution in [2.24, 2.45) is 7.05 Å². The number of benzene rings is 1. The molecule has 0 amide bonds. The van der Waals surface area contributed by atoms with E-state index in [9.17, 15) is 14.0 Å². The van der Waals surface area contributed by atoms with Crippen molar-refractivity contribution in [2.45, 2.75) is 0 Å². The minimum atomic E-state index is -1.31. The van der Waals surface area contributed by atoms with Crippen molar-refractivity contribution < 1.29 is 14.3 Å². The van der Waals surface area contributed by atoms with Crippen molar-refractivity contribution >= 4 is 16.9 Å². The highest BCUT2D eigenvalue weighted by Gasteiger charge is 2.14. The number of pyridine rings is 1. The molecular formula is C11H8FNO3. The second-order valence-electron chi connectivity index (χ2n) is 3.42. The smallest absolute Gasteiger partial charge is 0.341 e. The molecule has 5 heteroatoms. The van der Waals surface area contributed by atoms with Crippen LogP contribution in [0.3, 0.4) is 0 Å². The number of carboxylic acids is 1. The Hall–Kier alpha value is -2.17. The molecule has 2 rings (SSSR count). The van der Waals surface area contributed by atoms with E-state index in [-0.39, 0.29) is 16.5 Å². The van der Waals surface area contributed by atoms with Crippen LogP contribution >= 0.6 is 0 Å². The van der Waals surface area contributed by atoms with Crippen LogP contribution in [0.25, 0.3) is 10.9 Å². The summed E-state index contributed by atoms with van der Waals surface area (Å²) in [4.78, 5) is 22.5. The molecule has 2 aromatic rings. The zero-order chi connectivity index (χ0) is 11.9. The second kappa shape index (κ2) is 3.44. The Morgan fingerprint density at radius 3 is 2.75 bits per heavy atom. The first-order valence-electron chi connectivity index (χ1n) is 4.53. The third kappa shape index (κ3) is 1.37. The van der Waals surface area contributed by atoms with Crippen LogP contribution in [0, 0.1) is 5.82 Å². The maximum Gasteiger partial charge on any atom is 0.341 e. The van der Waals surface area contributed by atoms with Gasteiger partial charge in [0.25, 0.3) is 0 Å². The largest absolute Gasteiger partial charge is 0.477 e. The normalized spacial score (nSPS) is 10.6. The molecule has 0 radical (unpaired) electrons. The van der Waals surface area contributed by atoms with Gasteiger partial charge in [0.1, 0.15) is 11.4 Å². The van der Waals surface area contributed by atoms with Gasteiger partial charge in [-0.3, -0.25) is 4.79 Å². The van der Waals surface area contributed by atoms with Gasteiger partial charge in [0, 0.05) is 18.6 Å². The van der Waals surface area contributed by atoms with Gasteiger partial charge in [-0.15, -0.1) is 0 Å². The second-order valence-corrected chi connectivity index (χ2v) is 3.42. The maximum atomic E-state index is 13.5. The Bertz CT molecular complexity index is 645. The molecule has 1 heterocycles. The number of aryl methyl sites for hydroxylation is 1. The summed E-state index contributed by atoms with van der Waals surface area (Å²) in [7, 11) is 1.50. The molecule has 82 valence electrons. The van der Waals surface area contributed by atoms with Crippen LogP contribution in [-0.4, -0.2) is 15.6 Å². The standard InChI is InChI=1S/C11H8FNO3/c1-13-5-7(11(15)16)10(14)6-3-2-4-8(12)9(6)13/h2-5H,1H3,(H,15,16). The fourth-order valence-electron chi connectivity index (χ4n) is 1.67. The average Bonchev–Trinajstić information content (AvgIpc) is 2.22. The van der Waals surface area contributed by atoms with Crippen molar-refractivity contribution in [2.75, 3.05) is 0 Å². The van der Waals surface area contributed by atoms with Crippen LogP contribution in [0.2, 0.25) is 0 Å². The summed E-state index contributed by atoms with van der Waals surface area (Å²) in [5.74, 6) is -1.86. The Morgan fingerprint density at radius 1 is 1.44 bits per heavy atom. The van der Waals surface area contributed by atoms with Crippen LogP contribution in [0.15, 0.2) is 29.2 Å². The summed E-state index contributed by atoms with van der Waals surface area (Å²) in [5.41, 5.74) is -0.918. The van der Waals surface area contributed by atoms with Crippen LogP contribution in [-0.2, 0) is 7.05 Å². The van der Waals surface area contributed by atoms with Gasteiger partial charge in [0.15, 0.2) is 0 Å². The monoisotopic (exact) mass is 221 g/mol. The molecule has 0 aliphatic rings. The molecule has 0 aliphatic heterocycles. The Labute approximate surface area is 89.6 Å². The number of para-hydroxylation sites is 1. The Balaban J connectivity index is 3.02. The van der Waals surface area contributed by atoms with Crippen LogP contribution in [0.4, 0.5) is 4.39 Å². The van der Waals surface area contributed by atoms with Gasteiger partial charge in [-0.25, -0.2) is 9.18 Å². The van der Waals surface area contributed by atoms with Gasteiger partial charge >= 0.3 is 5.97 Å². The van der Waals surface area contributed by atoms with E-state index in [1.165, 1.54) is 29.8 Å². The number of nitrogens with zero attached hydrogens (tertiary/aromatic N) is 1. The fraction of sp³-hybridized carbons (Fsp3) is 0.0909. The van der Waals surface area contributed by atoms with Gasteiger partial charge in [-0.1, -0.05) is 6.07 Å². The number of halogens is 1. The molecule has 0 atom stereocenters. The predicted molar refractivity (Wildman–Crippen MR) is 56.1 cm³/mol. The lowest BCUT2D eigenvalue weighted by Crippen LogP contribution is -2.18. The first kappa shape index (κ1) is 10.4. The van der Waals surface area contributed by atoms with Gasteiger partial charge in [0.05, 0.1) is 5.52 Å². The minimum Gasteiger partial charge on any atom is -0.477 e. The van der Waals surface area contributed by atoms with Crippen molar-refractivity contribution in [3.05, 3.63) is 46.0 Å². The summed E-state index contributed by atoms with van der Waals surface area (Å²) in [6.45, 7) is 0. The quantitative estimate of drug-likeness (QED) is 0.791. The van der Waals surface area contributed by atoms with Crippen molar-refractivity contribution in [1.82, 2.24) is 4.57 Å². The summed E-state index contributed by atoms with van der Waals surface area (Å²) >= 11 is 0. The van der Waals surface area contributed by atoms with E-state index < -0.39 is 17.2 Å². The van der Waals surface area contributed by atoms with Gasteiger partial charge in [0.2, 0.25) is 5.43 Å². The van der Waals surface area contributed by atoms with Crippen LogP contribution in [0.1, 0.15) is 10.4 Å². The highest BCUT2D eigenvalue weighted by molar-refractivity contribution is 5.92. The zero-order valence-electron chi connectivity index (χ0n) is 8.40. The minimum absolute atomic E-state index is 0.0717. The molecule has 0 saturated heterocycles. The molecule has 0 saturated carbocycles. The molecule has 16 heavy (non-hydrogen) atoms. The van der Waals surface area contributed by atoms with E-state index in [0.717, 1.165) is 6.20 Å². The molecule has 0 unspecified atom stereocenters. The Kier molecular flexibility index (Phi) is 2.23. The van der Waals surface area contributed by atoms with E-state index in [0.29, 0.717) is 0 Å². The van der Waals surface area contributed by atoms with Crippen molar-refractivity contribution in [3.63, 3.8) is 0 Å². The molecule has 1 aromatic carbocycles. The van der Waals surface area contributed by atoms with Gasteiger partial charge in [-0.2, -0.15) is 0 Å². The first-order chi connectivity index (χ1) is 7.52. The molecular weight excluding hydrogens is 213 g/mol. The van der Waals surface area contributed by atoms with Crippen molar-refractivity contribution in [1.29, 1.82) is 0 Å². The lowest BCUT2D eigenvalue weighted by atomic mass is 10.1. The predicted octanol–water partition coefficient (Wildman–Crippen LogP) is 1.38. The zero-order valence-corrected chi connectivity index (χ0v) is 8.40. The number of rotatable bonds is 1. The molecule has 1 N–H and O–H groups in total. The number of fused-ring (bicyclic) bond motifs is 1. The number of carbonyl (C=O) groups is 1. The lowest BCUT2D eigenvalue weighted by molar-refractivity contribution is 0.0695. The van der Waals surface area contributed by atoms with E-state index in [1.54, 1.807) is 0 Å². The molecule has 0 bridgehead atoms. The van der Waals surface area contributed by atoms with E-state index in [2.05, 4.69) is 0 Å². The number of hydrogen-bond donors (Lipinski definition) is 1. The topological polar surface area (TPSA) is 59.3 Å². The summed E-state index contributed by atoms with van der Waals surface area (Å²) in [6.07, 6.45) is 1.12. The highest BCUT2D eigenvalue weighted by atomic mass is 19.1. The van der Waals surface area contributed by atoms with Gasteiger partial charge in [-0.05, 0) is 12.1 Å². The van der Waals surface area contributed by atoms with E-state index >= 15 is 0 Å². The van der Waals surface area contributed by atoms with Gasteiger partial charge < -0.3 is 9.67 Å². The van der Waals surface area contributed by atoms with Crippen LogP contribution < -0.4 is 5.43 Å². The van der Waals surface area contributed by atoms with Crippen LogP contribution in [0.5, 0.6) is 0 Å². The summed E-state index contributed by atoms with van der Waals surface area (Å²) < 4.78 is 14.8. The molecule has 0 aliphatic carbocycles. The maximum absolute atomic E-state index is 13.5. The number of hydrogen-bond acceptors (Lipinski definition) is 2. The summed E-state index contributed by atoms with van der Waals surface area (Å²) in [5, 5.41) is 8.88. The van der Waals surface area contributed by atoms with E-state index in [4.69, 9.17) is 5.11 Å². The summed E-state index contributed by atoms with van der Waals surface area (Å²) in [6, 6.07) is 4.01. The number of carboxylic acid groups (broad SMARTS) is 1. The SMILES string of the molecule is Cn1cc(C(=O)O)c(=O)c2cccc(F)c21.